The predicted octanol–water partition coefficient (Wildman–Crippen LogP) is 5.86. The van der Waals surface area contributed by atoms with Crippen LogP contribution in [0.1, 0.15) is 107 Å². The molecule has 0 aliphatic heterocycles. The Morgan fingerprint density at radius 3 is 1.96 bits per heavy atom. The molecule has 0 unspecified atom stereocenters. The number of ketones is 1. The van der Waals surface area contributed by atoms with Crippen LogP contribution < -0.4 is 0 Å². The standard InChI is InChI=1S/C23H42O4/c1-10-14-21(5,6)27-23(9)15-12-17(13-16-23)22(7,8)26-19(25)18(24)20(3,4)11-2/h17H,10-16H2,1-9H3. The first-order chi connectivity index (χ1) is 12.2. The van der Waals surface area contributed by atoms with Crippen LogP contribution in [0.5, 0.6) is 0 Å². The minimum atomic E-state index is -0.694. The molecule has 4 nitrogen and oxygen atoms in total. The maximum absolute atomic E-state index is 12.4. The number of hydrogen-bond acceptors (Lipinski definition) is 4. The van der Waals surface area contributed by atoms with Crippen LogP contribution in [0.3, 0.4) is 0 Å². The maximum atomic E-state index is 12.4. The Hall–Kier alpha value is -0.900. The third kappa shape index (κ3) is 6.58. The lowest BCUT2D eigenvalue weighted by atomic mass is 9.73. The van der Waals surface area contributed by atoms with Gasteiger partial charge in [-0.1, -0.05) is 34.1 Å². The molecule has 0 amide bonds. The Morgan fingerprint density at radius 2 is 1.52 bits per heavy atom. The summed E-state index contributed by atoms with van der Waals surface area (Å²) in [5.74, 6) is -0.881. The number of ether oxygens (including phenoxy) is 2. The van der Waals surface area contributed by atoms with Gasteiger partial charge in [-0.3, -0.25) is 4.79 Å². The molecule has 0 aromatic carbocycles. The summed E-state index contributed by atoms with van der Waals surface area (Å²) in [6, 6.07) is 0. The van der Waals surface area contributed by atoms with Crippen molar-refractivity contribution in [2.24, 2.45) is 11.3 Å². The average Bonchev–Trinajstić information content (AvgIpc) is 2.52. The third-order valence-electron chi connectivity index (χ3n) is 6.44. The molecule has 0 bridgehead atoms. The van der Waals surface area contributed by atoms with Gasteiger partial charge < -0.3 is 9.47 Å². The highest BCUT2D eigenvalue weighted by Crippen LogP contribution is 2.43. The highest BCUT2D eigenvalue weighted by Gasteiger charge is 2.44. The van der Waals surface area contributed by atoms with Crippen LogP contribution in [0.25, 0.3) is 0 Å². The molecule has 0 aromatic heterocycles. The molecular formula is C23H42O4. The second kappa shape index (κ2) is 8.63. The number of carbonyl (C=O) groups is 2. The summed E-state index contributed by atoms with van der Waals surface area (Å²) in [5, 5.41) is 0. The number of Topliss-reactive ketones (excluding diaryl/α,β-unsaturated/α-hetero) is 1. The number of carbonyl (C=O) groups excluding carboxylic acids is 2. The first kappa shape index (κ1) is 24.1. The van der Waals surface area contributed by atoms with Crippen LogP contribution >= 0.6 is 0 Å². The van der Waals surface area contributed by atoms with E-state index >= 15 is 0 Å². The van der Waals surface area contributed by atoms with Crippen LogP contribution in [-0.4, -0.2) is 28.6 Å². The van der Waals surface area contributed by atoms with Gasteiger partial charge in [0.1, 0.15) is 5.60 Å². The van der Waals surface area contributed by atoms with Gasteiger partial charge in [-0.25, -0.2) is 4.79 Å². The van der Waals surface area contributed by atoms with Crippen LogP contribution in [0.15, 0.2) is 0 Å². The Bertz CT molecular complexity index is 522. The molecule has 0 saturated heterocycles. The smallest absolute Gasteiger partial charge is 0.375 e. The summed E-state index contributed by atoms with van der Waals surface area (Å²) in [5.41, 5.74) is -1.56. The minimum Gasteiger partial charge on any atom is -0.454 e. The van der Waals surface area contributed by atoms with Crippen LogP contribution in [-0.2, 0) is 19.1 Å². The molecule has 1 fully saturated rings. The fourth-order valence-electron chi connectivity index (χ4n) is 4.15. The average molecular weight is 383 g/mol. The van der Waals surface area contributed by atoms with E-state index < -0.39 is 22.8 Å². The van der Waals surface area contributed by atoms with E-state index in [1.807, 2.05) is 20.8 Å². The van der Waals surface area contributed by atoms with Crippen molar-refractivity contribution in [3.05, 3.63) is 0 Å². The molecule has 0 radical (unpaired) electrons. The van der Waals surface area contributed by atoms with E-state index in [1.165, 1.54) is 0 Å². The van der Waals surface area contributed by atoms with Crippen molar-refractivity contribution < 1.29 is 19.1 Å². The van der Waals surface area contributed by atoms with Crippen molar-refractivity contribution in [3.8, 4) is 0 Å². The molecule has 0 N–H and O–H groups in total. The summed E-state index contributed by atoms with van der Waals surface area (Å²) in [6.07, 6.45) is 6.53. The normalized spacial score (nSPS) is 24.6. The van der Waals surface area contributed by atoms with Crippen molar-refractivity contribution in [1.29, 1.82) is 0 Å². The van der Waals surface area contributed by atoms with Gasteiger partial charge in [-0.15, -0.1) is 0 Å². The highest BCUT2D eigenvalue weighted by atomic mass is 16.6. The van der Waals surface area contributed by atoms with E-state index in [4.69, 9.17) is 9.47 Å². The molecule has 158 valence electrons. The zero-order valence-corrected chi connectivity index (χ0v) is 19.2. The first-order valence-corrected chi connectivity index (χ1v) is 10.7. The lowest BCUT2D eigenvalue weighted by Crippen LogP contribution is -2.47. The Morgan fingerprint density at radius 1 is 1.00 bits per heavy atom. The fraction of sp³-hybridized carbons (Fsp3) is 0.913. The van der Waals surface area contributed by atoms with Gasteiger partial charge in [-0.05, 0) is 79.1 Å². The van der Waals surface area contributed by atoms with Gasteiger partial charge in [-0.2, -0.15) is 0 Å². The lowest BCUT2D eigenvalue weighted by Gasteiger charge is -2.46. The molecule has 1 rings (SSSR count). The summed E-state index contributed by atoms with van der Waals surface area (Å²) < 4.78 is 12.2. The second-order valence-electron chi connectivity index (χ2n) is 10.4. The van der Waals surface area contributed by atoms with Crippen molar-refractivity contribution in [2.45, 2.75) is 124 Å². The quantitative estimate of drug-likeness (QED) is 0.370. The molecule has 1 aliphatic rings. The third-order valence-corrected chi connectivity index (χ3v) is 6.44. The summed E-state index contributed by atoms with van der Waals surface area (Å²) in [7, 11) is 0. The van der Waals surface area contributed by atoms with Crippen molar-refractivity contribution in [1.82, 2.24) is 0 Å². The van der Waals surface area contributed by atoms with Crippen LogP contribution in [0.4, 0.5) is 0 Å². The minimum absolute atomic E-state index is 0.115. The first-order valence-electron chi connectivity index (χ1n) is 10.7. The zero-order valence-electron chi connectivity index (χ0n) is 19.2. The van der Waals surface area contributed by atoms with Gasteiger partial charge >= 0.3 is 5.97 Å². The van der Waals surface area contributed by atoms with E-state index in [0.29, 0.717) is 6.42 Å². The maximum Gasteiger partial charge on any atom is 0.375 e. The molecule has 27 heavy (non-hydrogen) atoms. The Balaban J connectivity index is 2.70. The van der Waals surface area contributed by atoms with Crippen molar-refractivity contribution in [2.75, 3.05) is 0 Å². The summed E-state index contributed by atoms with van der Waals surface area (Å²) >= 11 is 0. The Labute approximate surface area is 166 Å². The molecule has 4 heteroatoms. The number of esters is 1. The van der Waals surface area contributed by atoms with E-state index in [2.05, 4.69) is 27.7 Å². The SMILES string of the molecule is CCCC(C)(C)OC1(C)CCC(C(C)(C)OC(=O)C(=O)C(C)(C)CC)CC1. The zero-order chi connectivity index (χ0) is 21.1. The molecule has 0 heterocycles. The monoisotopic (exact) mass is 382 g/mol. The molecule has 0 spiro atoms. The van der Waals surface area contributed by atoms with Crippen LogP contribution in [0, 0.1) is 11.3 Å². The summed E-state index contributed by atoms with van der Waals surface area (Å²) in [6.45, 7) is 18.1. The van der Waals surface area contributed by atoms with Crippen molar-refractivity contribution in [3.63, 3.8) is 0 Å². The molecular weight excluding hydrogens is 340 g/mol. The van der Waals surface area contributed by atoms with Gasteiger partial charge in [0, 0.05) is 5.41 Å². The largest absolute Gasteiger partial charge is 0.454 e. The van der Waals surface area contributed by atoms with Crippen molar-refractivity contribution >= 4 is 11.8 Å². The topological polar surface area (TPSA) is 52.6 Å². The highest BCUT2D eigenvalue weighted by molar-refractivity contribution is 6.35. The number of hydrogen-bond donors (Lipinski definition) is 0. The van der Waals surface area contributed by atoms with E-state index in [0.717, 1.165) is 38.5 Å². The summed E-state index contributed by atoms with van der Waals surface area (Å²) in [4.78, 5) is 24.8. The van der Waals surface area contributed by atoms with Crippen LogP contribution in [0.2, 0.25) is 0 Å². The lowest BCUT2D eigenvalue weighted by molar-refractivity contribution is -0.180. The van der Waals surface area contributed by atoms with Gasteiger partial charge in [0.2, 0.25) is 5.78 Å². The number of rotatable bonds is 9. The van der Waals surface area contributed by atoms with E-state index in [9.17, 15) is 9.59 Å². The van der Waals surface area contributed by atoms with Gasteiger partial charge in [0.25, 0.3) is 0 Å². The fourth-order valence-corrected chi connectivity index (χ4v) is 4.15. The van der Waals surface area contributed by atoms with E-state index in [-0.39, 0.29) is 17.1 Å². The second-order valence-corrected chi connectivity index (χ2v) is 10.4. The molecule has 1 aliphatic carbocycles. The van der Waals surface area contributed by atoms with Gasteiger partial charge in [0.15, 0.2) is 0 Å². The predicted molar refractivity (Wildman–Crippen MR) is 110 cm³/mol. The molecule has 0 atom stereocenters. The van der Waals surface area contributed by atoms with E-state index in [1.54, 1.807) is 13.8 Å². The molecule has 0 aromatic rings. The Kier molecular flexibility index (Phi) is 7.72. The van der Waals surface area contributed by atoms with Gasteiger partial charge in [0.05, 0.1) is 11.2 Å². The molecule has 1 saturated carbocycles.